The van der Waals surface area contributed by atoms with Crippen molar-refractivity contribution < 1.29 is 13.9 Å². The molecule has 1 unspecified atom stereocenters. The summed E-state index contributed by atoms with van der Waals surface area (Å²) >= 11 is 6.01. The van der Waals surface area contributed by atoms with Gasteiger partial charge >= 0.3 is 0 Å². The molecule has 29 heavy (non-hydrogen) atoms. The van der Waals surface area contributed by atoms with Crippen molar-refractivity contribution >= 4 is 23.2 Å². The number of carbonyl (C=O) groups excluding carboxylic acids is 1. The fourth-order valence-electron chi connectivity index (χ4n) is 3.56. The van der Waals surface area contributed by atoms with E-state index in [4.69, 9.17) is 16.3 Å². The number of aromatic nitrogens is 1. The van der Waals surface area contributed by atoms with Crippen molar-refractivity contribution in [2.75, 3.05) is 11.5 Å². The number of ether oxygens (including phenoxy) is 1. The molecule has 2 aromatic carbocycles. The number of nitrogens with zero attached hydrogens (tertiary/aromatic N) is 2. The maximum atomic E-state index is 14.3. The number of halogens is 2. The van der Waals surface area contributed by atoms with Gasteiger partial charge in [-0.05, 0) is 53.9 Å². The first kappa shape index (κ1) is 19.6. The summed E-state index contributed by atoms with van der Waals surface area (Å²) in [5.41, 5.74) is 2.88. The zero-order valence-electron chi connectivity index (χ0n) is 15.9. The Bertz CT molecular complexity index is 1010. The fraction of sp³-hybridized carbons (Fsp3) is 0.217. The van der Waals surface area contributed by atoms with Crippen LogP contribution in [0.2, 0.25) is 5.02 Å². The van der Waals surface area contributed by atoms with Crippen molar-refractivity contribution in [2.24, 2.45) is 0 Å². The average molecular weight is 411 g/mol. The molecule has 2 atom stereocenters. The third-order valence-corrected chi connectivity index (χ3v) is 5.32. The van der Waals surface area contributed by atoms with E-state index >= 15 is 0 Å². The van der Waals surface area contributed by atoms with Gasteiger partial charge in [0.05, 0.1) is 24.5 Å². The molecule has 0 aliphatic carbocycles. The highest BCUT2D eigenvalue weighted by Crippen LogP contribution is 2.33. The van der Waals surface area contributed by atoms with E-state index in [9.17, 15) is 9.18 Å². The number of hydrogen-bond donors (Lipinski definition) is 0. The molecule has 3 aromatic rings. The van der Waals surface area contributed by atoms with Crippen molar-refractivity contribution in [1.29, 1.82) is 0 Å². The molecule has 1 aliphatic rings. The number of benzene rings is 2. The lowest BCUT2D eigenvalue weighted by Gasteiger charge is -2.39. The lowest BCUT2D eigenvalue weighted by atomic mass is 9.99. The molecule has 1 fully saturated rings. The number of carbonyl (C=O) groups is 1. The standard InChI is InChI=1S/C23H20ClFN2O2/c1-15-4-5-17(20(25)11-15)12-22-23(28)27(19-3-2-10-26-13-19)21(14-29-22)16-6-8-18(24)9-7-16/h2-11,13,21-22H,12,14H2,1H3/t21-,22?/m1/s1. The minimum atomic E-state index is -0.768. The van der Waals surface area contributed by atoms with E-state index in [0.717, 1.165) is 11.1 Å². The van der Waals surface area contributed by atoms with Crippen molar-refractivity contribution in [3.63, 3.8) is 0 Å². The average Bonchev–Trinajstić information content (AvgIpc) is 2.72. The van der Waals surface area contributed by atoms with Gasteiger partial charge in [0.1, 0.15) is 11.9 Å². The quantitative estimate of drug-likeness (QED) is 0.614. The molecule has 2 heterocycles. The summed E-state index contributed by atoms with van der Waals surface area (Å²) in [7, 11) is 0. The molecule has 1 aromatic heterocycles. The van der Waals surface area contributed by atoms with Crippen LogP contribution < -0.4 is 4.90 Å². The van der Waals surface area contributed by atoms with Gasteiger partial charge in [0.2, 0.25) is 0 Å². The van der Waals surface area contributed by atoms with Crippen LogP contribution in [0.3, 0.4) is 0 Å². The molecular formula is C23H20ClFN2O2. The van der Waals surface area contributed by atoms with Crippen LogP contribution in [-0.2, 0) is 16.0 Å². The first-order chi connectivity index (χ1) is 14.0. The molecule has 0 N–H and O–H groups in total. The molecule has 0 radical (unpaired) electrons. The van der Waals surface area contributed by atoms with Crippen LogP contribution in [0, 0.1) is 12.7 Å². The van der Waals surface area contributed by atoms with E-state index in [-0.39, 0.29) is 24.2 Å². The van der Waals surface area contributed by atoms with Crippen LogP contribution in [-0.4, -0.2) is 23.6 Å². The molecule has 1 aliphatic heterocycles. The van der Waals surface area contributed by atoms with Crippen LogP contribution in [0.1, 0.15) is 22.7 Å². The maximum absolute atomic E-state index is 14.3. The van der Waals surface area contributed by atoms with E-state index < -0.39 is 6.10 Å². The number of pyridine rings is 1. The van der Waals surface area contributed by atoms with Crippen LogP contribution in [0.4, 0.5) is 10.1 Å². The van der Waals surface area contributed by atoms with Gasteiger partial charge in [-0.2, -0.15) is 0 Å². The Balaban J connectivity index is 1.66. The lowest BCUT2D eigenvalue weighted by molar-refractivity contribution is -0.136. The van der Waals surface area contributed by atoms with Crippen LogP contribution in [0.5, 0.6) is 0 Å². The first-order valence-electron chi connectivity index (χ1n) is 9.38. The molecule has 0 spiro atoms. The Morgan fingerprint density at radius 2 is 2.00 bits per heavy atom. The molecule has 4 nitrogen and oxygen atoms in total. The minimum Gasteiger partial charge on any atom is -0.365 e. The number of rotatable bonds is 4. The number of amides is 1. The van der Waals surface area contributed by atoms with Gasteiger partial charge in [0.15, 0.2) is 0 Å². The molecule has 0 saturated carbocycles. The van der Waals surface area contributed by atoms with E-state index in [1.807, 2.05) is 31.2 Å². The van der Waals surface area contributed by atoms with Gasteiger partial charge < -0.3 is 4.74 Å². The Morgan fingerprint density at radius 1 is 1.21 bits per heavy atom. The van der Waals surface area contributed by atoms with Crippen molar-refractivity contribution in [1.82, 2.24) is 4.98 Å². The molecule has 4 rings (SSSR count). The van der Waals surface area contributed by atoms with Crippen molar-refractivity contribution in [3.05, 3.63) is 94.5 Å². The maximum Gasteiger partial charge on any atom is 0.257 e. The number of hydrogen-bond acceptors (Lipinski definition) is 3. The van der Waals surface area contributed by atoms with Gasteiger partial charge in [-0.3, -0.25) is 14.7 Å². The summed E-state index contributed by atoms with van der Waals surface area (Å²) < 4.78 is 20.2. The predicted molar refractivity (Wildman–Crippen MR) is 110 cm³/mol. The highest BCUT2D eigenvalue weighted by Gasteiger charge is 2.38. The minimum absolute atomic E-state index is 0.176. The predicted octanol–water partition coefficient (Wildman–Crippen LogP) is 4.90. The topological polar surface area (TPSA) is 42.4 Å². The highest BCUT2D eigenvalue weighted by molar-refractivity contribution is 6.30. The summed E-state index contributed by atoms with van der Waals surface area (Å²) in [4.78, 5) is 19.2. The van der Waals surface area contributed by atoms with Crippen LogP contribution >= 0.6 is 11.6 Å². The fourth-order valence-corrected chi connectivity index (χ4v) is 3.69. The van der Waals surface area contributed by atoms with E-state index in [1.165, 1.54) is 6.07 Å². The Labute approximate surface area is 173 Å². The SMILES string of the molecule is Cc1ccc(CC2OC[C@H](c3ccc(Cl)cc3)N(c3cccnc3)C2=O)c(F)c1. The molecule has 6 heteroatoms. The van der Waals surface area contributed by atoms with E-state index in [2.05, 4.69) is 4.98 Å². The normalized spacial score (nSPS) is 19.4. The Hall–Kier alpha value is -2.76. The van der Waals surface area contributed by atoms with Crippen molar-refractivity contribution in [2.45, 2.75) is 25.5 Å². The van der Waals surface area contributed by atoms with E-state index in [0.29, 0.717) is 22.9 Å². The Kier molecular flexibility index (Phi) is 5.60. The monoisotopic (exact) mass is 410 g/mol. The van der Waals surface area contributed by atoms with Crippen molar-refractivity contribution in [3.8, 4) is 0 Å². The molecule has 1 saturated heterocycles. The largest absolute Gasteiger partial charge is 0.365 e. The van der Waals surface area contributed by atoms with Gasteiger partial charge in [-0.1, -0.05) is 35.9 Å². The van der Waals surface area contributed by atoms with Gasteiger partial charge in [0.25, 0.3) is 5.91 Å². The molecule has 0 bridgehead atoms. The summed E-state index contributed by atoms with van der Waals surface area (Å²) in [6.45, 7) is 2.12. The van der Waals surface area contributed by atoms with Gasteiger partial charge in [-0.15, -0.1) is 0 Å². The second-order valence-electron chi connectivity index (χ2n) is 7.11. The van der Waals surface area contributed by atoms with Crippen LogP contribution in [0.25, 0.3) is 0 Å². The molecular weight excluding hydrogens is 391 g/mol. The summed E-state index contributed by atoms with van der Waals surface area (Å²) in [5, 5.41) is 0.623. The summed E-state index contributed by atoms with van der Waals surface area (Å²) in [6, 6.07) is 15.7. The number of aryl methyl sites for hydroxylation is 1. The second kappa shape index (κ2) is 8.31. The van der Waals surface area contributed by atoms with Gasteiger partial charge in [-0.25, -0.2) is 4.39 Å². The number of morpholine rings is 1. The lowest BCUT2D eigenvalue weighted by Crippen LogP contribution is -2.50. The summed E-state index contributed by atoms with van der Waals surface area (Å²) in [6.07, 6.45) is 2.71. The smallest absolute Gasteiger partial charge is 0.257 e. The zero-order chi connectivity index (χ0) is 20.4. The third kappa shape index (κ3) is 4.16. The third-order valence-electron chi connectivity index (χ3n) is 5.07. The second-order valence-corrected chi connectivity index (χ2v) is 7.54. The zero-order valence-corrected chi connectivity index (χ0v) is 16.6. The van der Waals surface area contributed by atoms with E-state index in [1.54, 1.807) is 41.6 Å². The van der Waals surface area contributed by atoms with Gasteiger partial charge in [0, 0.05) is 17.6 Å². The molecule has 1 amide bonds. The highest BCUT2D eigenvalue weighted by atomic mass is 35.5. The number of anilines is 1. The Morgan fingerprint density at radius 3 is 2.69 bits per heavy atom. The molecule has 148 valence electrons. The summed E-state index contributed by atoms with van der Waals surface area (Å²) in [5.74, 6) is -0.543. The first-order valence-corrected chi connectivity index (χ1v) is 9.76. The van der Waals surface area contributed by atoms with Crippen LogP contribution in [0.15, 0.2) is 67.0 Å².